The second kappa shape index (κ2) is 6.63. The minimum absolute atomic E-state index is 0.184. The highest BCUT2D eigenvalue weighted by Crippen LogP contribution is 2.49. The van der Waals surface area contributed by atoms with E-state index in [1.54, 1.807) is 17.0 Å². The van der Waals surface area contributed by atoms with E-state index in [-0.39, 0.29) is 11.3 Å². The average molecular weight is 330 g/mol. The number of rotatable bonds is 6. The van der Waals surface area contributed by atoms with E-state index in [4.69, 9.17) is 16.3 Å². The second-order valence-corrected chi connectivity index (χ2v) is 6.41. The number of hydrogen-bond acceptors (Lipinski definition) is 2. The summed E-state index contributed by atoms with van der Waals surface area (Å²) >= 11 is 5.84. The van der Waals surface area contributed by atoms with Gasteiger partial charge in [0.05, 0.1) is 12.0 Å². The number of ether oxygens (including phenoxy) is 1. The Labute approximate surface area is 141 Å². The fraction of sp³-hybridized carbons (Fsp3) is 0.316. The first-order chi connectivity index (χ1) is 11.1. The summed E-state index contributed by atoms with van der Waals surface area (Å²) in [6.07, 6.45) is 1.86. The van der Waals surface area contributed by atoms with Gasteiger partial charge in [0.2, 0.25) is 5.91 Å². The molecule has 0 aromatic heterocycles. The van der Waals surface area contributed by atoms with Gasteiger partial charge in [-0.3, -0.25) is 4.79 Å². The third-order valence-electron chi connectivity index (χ3n) is 4.34. The fourth-order valence-corrected chi connectivity index (χ4v) is 2.93. The molecule has 3 nitrogen and oxygen atoms in total. The molecule has 0 saturated heterocycles. The minimum atomic E-state index is -0.309. The van der Waals surface area contributed by atoms with Crippen molar-refractivity contribution < 1.29 is 9.53 Å². The number of benzene rings is 2. The van der Waals surface area contributed by atoms with Crippen LogP contribution in [0.5, 0.6) is 5.75 Å². The molecule has 1 aliphatic rings. The highest BCUT2D eigenvalue weighted by molar-refractivity contribution is 6.30. The molecule has 0 spiro atoms. The van der Waals surface area contributed by atoms with Gasteiger partial charge in [0.15, 0.2) is 0 Å². The maximum absolute atomic E-state index is 12.8. The Kier molecular flexibility index (Phi) is 4.58. The molecule has 120 valence electrons. The Bertz CT molecular complexity index is 666. The van der Waals surface area contributed by atoms with E-state index in [0.29, 0.717) is 18.2 Å². The fourth-order valence-electron chi connectivity index (χ4n) is 2.81. The molecule has 2 aromatic carbocycles. The number of carbonyl (C=O) groups is 1. The van der Waals surface area contributed by atoms with Crippen molar-refractivity contribution in [1.29, 1.82) is 0 Å². The number of carbonyl (C=O) groups excluding carboxylic acids is 1. The van der Waals surface area contributed by atoms with Crippen molar-refractivity contribution in [3.05, 3.63) is 65.2 Å². The van der Waals surface area contributed by atoms with Crippen LogP contribution in [0.2, 0.25) is 5.02 Å². The molecule has 1 saturated carbocycles. The predicted molar refractivity (Wildman–Crippen MR) is 91.9 cm³/mol. The van der Waals surface area contributed by atoms with Crippen LogP contribution in [-0.2, 0) is 10.2 Å². The van der Waals surface area contributed by atoms with Gasteiger partial charge in [0, 0.05) is 12.1 Å². The molecule has 2 aromatic rings. The van der Waals surface area contributed by atoms with Crippen molar-refractivity contribution >= 4 is 17.5 Å². The minimum Gasteiger partial charge on any atom is -0.492 e. The summed E-state index contributed by atoms with van der Waals surface area (Å²) in [5.41, 5.74) is 0.812. The smallest absolute Gasteiger partial charge is 0.233 e. The summed E-state index contributed by atoms with van der Waals surface area (Å²) in [5, 5.41) is 0.684. The van der Waals surface area contributed by atoms with Gasteiger partial charge in [-0.05, 0) is 42.7 Å². The van der Waals surface area contributed by atoms with E-state index in [9.17, 15) is 4.79 Å². The third kappa shape index (κ3) is 3.50. The lowest BCUT2D eigenvalue weighted by atomic mass is 9.94. The van der Waals surface area contributed by atoms with Crippen LogP contribution < -0.4 is 4.74 Å². The maximum Gasteiger partial charge on any atom is 0.233 e. The molecule has 0 N–H and O–H groups in total. The zero-order chi connectivity index (χ0) is 16.3. The van der Waals surface area contributed by atoms with Crippen molar-refractivity contribution in [3.63, 3.8) is 0 Å². The molecular weight excluding hydrogens is 310 g/mol. The molecule has 23 heavy (non-hydrogen) atoms. The quantitative estimate of drug-likeness (QED) is 0.804. The monoisotopic (exact) mass is 329 g/mol. The van der Waals surface area contributed by atoms with E-state index in [1.807, 2.05) is 49.5 Å². The highest BCUT2D eigenvalue weighted by atomic mass is 35.5. The van der Waals surface area contributed by atoms with Gasteiger partial charge < -0.3 is 9.64 Å². The lowest BCUT2D eigenvalue weighted by Gasteiger charge is -2.24. The van der Waals surface area contributed by atoms with Crippen LogP contribution in [0.1, 0.15) is 18.4 Å². The molecule has 0 radical (unpaired) electrons. The lowest BCUT2D eigenvalue weighted by molar-refractivity contribution is -0.133. The maximum atomic E-state index is 12.8. The summed E-state index contributed by atoms with van der Waals surface area (Å²) in [4.78, 5) is 14.5. The second-order valence-electron chi connectivity index (χ2n) is 5.98. The van der Waals surface area contributed by atoms with Crippen LogP contribution in [0.25, 0.3) is 0 Å². The molecule has 1 fully saturated rings. The normalized spacial score (nSPS) is 15.0. The van der Waals surface area contributed by atoms with Crippen molar-refractivity contribution in [2.24, 2.45) is 0 Å². The molecule has 4 heteroatoms. The number of nitrogens with zero attached hydrogens (tertiary/aromatic N) is 1. The molecule has 0 unspecified atom stereocenters. The Morgan fingerprint density at radius 1 is 1.13 bits per heavy atom. The SMILES string of the molecule is CN(CCOc1ccc(Cl)cc1)C(=O)C1(c2ccccc2)CC1. The van der Waals surface area contributed by atoms with Crippen LogP contribution >= 0.6 is 11.6 Å². The molecule has 1 amide bonds. The van der Waals surface area contributed by atoms with Gasteiger partial charge in [0.25, 0.3) is 0 Å². The van der Waals surface area contributed by atoms with E-state index in [2.05, 4.69) is 0 Å². The number of hydrogen-bond donors (Lipinski definition) is 0. The van der Waals surface area contributed by atoms with Gasteiger partial charge >= 0.3 is 0 Å². The molecule has 0 atom stereocenters. The average Bonchev–Trinajstić information content (AvgIpc) is 3.38. The summed E-state index contributed by atoms with van der Waals surface area (Å²) in [5.74, 6) is 0.947. The molecule has 3 rings (SSSR count). The highest BCUT2D eigenvalue weighted by Gasteiger charge is 2.52. The van der Waals surface area contributed by atoms with Crippen molar-refractivity contribution in [1.82, 2.24) is 4.90 Å². The first-order valence-electron chi connectivity index (χ1n) is 7.81. The Morgan fingerprint density at radius 2 is 1.78 bits per heavy atom. The predicted octanol–water partition coefficient (Wildman–Crippen LogP) is 3.91. The van der Waals surface area contributed by atoms with E-state index >= 15 is 0 Å². The Morgan fingerprint density at radius 3 is 2.39 bits per heavy atom. The largest absolute Gasteiger partial charge is 0.492 e. The van der Waals surface area contributed by atoms with Gasteiger partial charge in [-0.1, -0.05) is 41.9 Å². The van der Waals surface area contributed by atoms with E-state index in [0.717, 1.165) is 24.2 Å². The van der Waals surface area contributed by atoms with Crippen LogP contribution in [0.4, 0.5) is 0 Å². The molecule has 0 heterocycles. The van der Waals surface area contributed by atoms with Gasteiger partial charge in [-0.25, -0.2) is 0 Å². The van der Waals surface area contributed by atoms with Gasteiger partial charge in [0.1, 0.15) is 12.4 Å². The van der Waals surface area contributed by atoms with E-state index in [1.165, 1.54) is 0 Å². The van der Waals surface area contributed by atoms with Crippen molar-refractivity contribution in [3.8, 4) is 5.75 Å². The first-order valence-corrected chi connectivity index (χ1v) is 8.19. The zero-order valence-corrected chi connectivity index (χ0v) is 13.9. The first kappa shape index (κ1) is 15.9. The summed E-state index contributed by atoms with van der Waals surface area (Å²) in [6.45, 7) is 1.03. The third-order valence-corrected chi connectivity index (χ3v) is 4.59. The van der Waals surface area contributed by atoms with Crippen molar-refractivity contribution in [2.45, 2.75) is 18.3 Å². The number of halogens is 1. The molecular formula is C19H20ClNO2. The molecule has 1 aliphatic carbocycles. The Balaban J connectivity index is 1.55. The summed E-state index contributed by atoms with van der Waals surface area (Å²) in [7, 11) is 1.84. The molecule has 0 aliphatic heterocycles. The summed E-state index contributed by atoms with van der Waals surface area (Å²) in [6, 6.07) is 17.3. The lowest BCUT2D eigenvalue weighted by Crippen LogP contribution is -2.38. The number of amides is 1. The number of likely N-dealkylation sites (N-methyl/N-ethyl adjacent to an activating group) is 1. The van der Waals surface area contributed by atoms with E-state index < -0.39 is 0 Å². The zero-order valence-electron chi connectivity index (χ0n) is 13.2. The molecule has 0 bridgehead atoms. The topological polar surface area (TPSA) is 29.5 Å². The van der Waals surface area contributed by atoms with Crippen LogP contribution in [0.15, 0.2) is 54.6 Å². The summed E-state index contributed by atoms with van der Waals surface area (Å²) < 4.78 is 5.67. The van der Waals surface area contributed by atoms with Crippen molar-refractivity contribution in [2.75, 3.05) is 20.2 Å². The Hall–Kier alpha value is -2.00. The standard InChI is InChI=1S/C19H20ClNO2/c1-21(13-14-23-17-9-7-16(20)8-10-17)18(22)19(11-12-19)15-5-3-2-4-6-15/h2-10H,11-14H2,1H3. The van der Waals surface area contributed by atoms with Crippen LogP contribution in [0.3, 0.4) is 0 Å². The van der Waals surface area contributed by atoms with Crippen LogP contribution in [0, 0.1) is 0 Å². The van der Waals surface area contributed by atoms with Gasteiger partial charge in [-0.15, -0.1) is 0 Å². The van der Waals surface area contributed by atoms with Crippen LogP contribution in [-0.4, -0.2) is 31.0 Å². The van der Waals surface area contributed by atoms with Gasteiger partial charge in [-0.2, -0.15) is 0 Å².